The molecule has 1 atom stereocenters. The molecule has 1 saturated heterocycles. The number of benzene rings is 1. The van der Waals surface area contributed by atoms with Crippen LogP contribution in [0.4, 0.5) is 4.79 Å². The highest BCUT2D eigenvalue weighted by molar-refractivity contribution is 6.33. The summed E-state index contributed by atoms with van der Waals surface area (Å²) in [6.07, 6.45) is 5.77. The van der Waals surface area contributed by atoms with Gasteiger partial charge in [-0.05, 0) is 48.7 Å². The first-order valence-electron chi connectivity index (χ1n) is 11.6. The van der Waals surface area contributed by atoms with Crippen LogP contribution < -0.4 is 5.32 Å². The van der Waals surface area contributed by atoms with Crippen molar-refractivity contribution in [1.29, 1.82) is 0 Å². The van der Waals surface area contributed by atoms with Gasteiger partial charge in [-0.25, -0.2) is 4.79 Å². The van der Waals surface area contributed by atoms with Crippen molar-refractivity contribution in [3.05, 3.63) is 71.3 Å². The van der Waals surface area contributed by atoms with E-state index in [1.54, 1.807) is 23.2 Å². The molecule has 182 valence electrons. The minimum Gasteiger partial charge on any atom is -0.465 e. The highest BCUT2D eigenvalue weighted by atomic mass is 35.5. The third-order valence-electron chi connectivity index (χ3n) is 6.16. The number of hydrogen-bond acceptors (Lipinski definition) is 4. The molecule has 7 nitrogen and oxygen atoms in total. The summed E-state index contributed by atoms with van der Waals surface area (Å²) in [4.78, 5) is 34.6. The molecule has 4 rings (SSSR count). The van der Waals surface area contributed by atoms with Gasteiger partial charge in [0.05, 0.1) is 0 Å². The quantitative estimate of drug-likeness (QED) is 0.491. The van der Waals surface area contributed by atoms with Crippen LogP contribution in [0.15, 0.2) is 55.0 Å². The van der Waals surface area contributed by atoms with E-state index in [9.17, 15) is 9.59 Å². The second kappa shape index (κ2) is 10.0. The van der Waals surface area contributed by atoms with Gasteiger partial charge in [0.25, 0.3) is 5.91 Å². The summed E-state index contributed by atoms with van der Waals surface area (Å²) in [5.41, 5.74) is 5.03. The van der Waals surface area contributed by atoms with Crippen LogP contribution in [0.1, 0.15) is 49.7 Å². The summed E-state index contributed by atoms with van der Waals surface area (Å²) in [5.74, 6) is -0.159. The van der Waals surface area contributed by atoms with Gasteiger partial charge in [0.2, 0.25) is 0 Å². The molecule has 0 bridgehead atoms. The van der Waals surface area contributed by atoms with Crippen LogP contribution in [-0.4, -0.2) is 51.1 Å². The zero-order valence-electron chi connectivity index (χ0n) is 20.1. The van der Waals surface area contributed by atoms with Gasteiger partial charge in [-0.15, -0.1) is 0 Å². The molecule has 2 amide bonds. The van der Waals surface area contributed by atoms with Crippen molar-refractivity contribution in [3.63, 3.8) is 0 Å². The van der Waals surface area contributed by atoms with Crippen molar-refractivity contribution in [2.75, 3.05) is 13.1 Å². The first kappa shape index (κ1) is 24.7. The largest absolute Gasteiger partial charge is 0.465 e. The third-order valence-corrected chi connectivity index (χ3v) is 6.48. The average Bonchev–Trinajstić information content (AvgIpc) is 2.83. The molecule has 1 aliphatic heterocycles. The fourth-order valence-electron chi connectivity index (χ4n) is 4.28. The predicted octanol–water partition coefficient (Wildman–Crippen LogP) is 5.63. The average molecular weight is 493 g/mol. The Balaban J connectivity index is 1.57. The molecule has 1 aliphatic rings. The maximum absolute atomic E-state index is 13.1. The maximum atomic E-state index is 13.1. The number of pyridine rings is 2. The van der Waals surface area contributed by atoms with Crippen LogP contribution in [0, 0.1) is 0 Å². The van der Waals surface area contributed by atoms with Gasteiger partial charge >= 0.3 is 6.09 Å². The van der Waals surface area contributed by atoms with E-state index in [-0.39, 0.29) is 17.4 Å². The Bertz CT molecular complexity index is 1260. The summed E-state index contributed by atoms with van der Waals surface area (Å²) in [5, 5.41) is 11.9. The van der Waals surface area contributed by atoms with Crippen molar-refractivity contribution >= 4 is 23.6 Å². The van der Waals surface area contributed by atoms with Gasteiger partial charge < -0.3 is 15.3 Å². The first-order chi connectivity index (χ1) is 16.6. The van der Waals surface area contributed by atoms with Gasteiger partial charge in [0.1, 0.15) is 0 Å². The number of aromatic nitrogens is 2. The molecule has 2 N–H and O–H groups in total. The molecule has 0 radical (unpaired) electrons. The molecule has 35 heavy (non-hydrogen) atoms. The molecule has 8 heteroatoms. The van der Waals surface area contributed by atoms with Crippen molar-refractivity contribution in [1.82, 2.24) is 20.2 Å². The van der Waals surface area contributed by atoms with E-state index < -0.39 is 6.09 Å². The molecule has 1 unspecified atom stereocenters. The highest BCUT2D eigenvalue weighted by Crippen LogP contribution is 2.32. The van der Waals surface area contributed by atoms with Crippen molar-refractivity contribution in [2.45, 2.75) is 45.1 Å². The minimum absolute atomic E-state index is 0.0647. The van der Waals surface area contributed by atoms with Gasteiger partial charge in [0, 0.05) is 76.1 Å². The Morgan fingerprint density at radius 1 is 1.09 bits per heavy atom. The molecular formula is C27H29ClN4O3. The predicted molar refractivity (Wildman–Crippen MR) is 137 cm³/mol. The fraction of sp³-hybridized carbons (Fsp3) is 0.333. The Hall–Kier alpha value is -3.45. The molecule has 0 saturated carbocycles. The molecule has 0 aliphatic carbocycles. The summed E-state index contributed by atoms with van der Waals surface area (Å²) < 4.78 is 0. The smallest absolute Gasteiger partial charge is 0.404 e. The summed E-state index contributed by atoms with van der Waals surface area (Å²) in [6.45, 7) is 7.32. The van der Waals surface area contributed by atoms with E-state index in [0.29, 0.717) is 30.1 Å². The van der Waals surface area contributed by atoms with Crippen LogP contribution in [0.3, 0.4) is 0 Å². The number of rotatable bonds is 4. The van der Waals surface area contributed by atoms with E-state index in [0.717, 1.165) is 34.4 Å². The monoisotopic (exact) mass is 492 g/mol. The van der Waals surface area contributed by atoms with E-state index in [2.05, 4.69) is 42.1 Å². The number of nitrogens with one attached hydrogen (secondary N) is 1. The van der Waals surface area contributed by atoms with E-state index in [4.69, 9.17) is 16.7 Å². The fourth-order valence-corrected chi connectivity index (χ4v) is 4.57. The number of hydrogen-bond donors (Lipinski definition) is 2. The van der Waals surface area contributed by atoms with Crippen molar-refractivity contribution in [2.24, 2.45) is 0 Å². The number of amides is 2. The van der Waals surface area contributed by atoms with Gasteiger partial charge in [-0.3, -0.25) is 14.8 Å². The Morgan fingerprint density at radius 2 is 1.86 bits per heavy atom. The molecule has 1 aromatic carbocycles. The Kier molecular flexibility index (Phi) is 7.08. The molecular weight excluding hydrogens is 464 g/mol. The summed E-state index contributed by atoms with van der Waals surface area (Å²) in [6, 6.07) is 11.1. The number of likely N-dealkylation sites (tertiary alicyclic amines) is 1. The van der Waals surface area contributed by atoms with Gasteiger partial charge in [-0.1, -0.05) is 38.4 Å². The van der Waals surface area contributed by atoms with Crippen LogP contribution in [0.2, 0.25) is 5.02 Å². The summed E-state index contributed by atoms with van der Waals surface area (Å²) >= 11 is 6.63. The number of halogens is 1. The number of carbonyl (C=O) groups is 2. The number of carboxylic acid groups (broad SMARTS) is 1. The molecule has 1 fully saturated rings. The van der Waals surface area contributed by atoms with Gasteiger partial charge in [0.15, 0.2) is 0 Å². The van der Waals surface area contributed by atoms with Crippen molar-refractivity contribution < 1.29 is 14.7 Å². The zero-order chi connectivity index (χ0) is 25.2. The number of piperidine rings is 1. The van der Waals surface area contributed by atoms with E-state index >= 15 is 0 Å². The molecule has 0 spiro atoms. The number of nitrogens with zero attached hydrogens (tertiary/aromatic N) is 3. The van der Waals surface area contributed by atoms with Crippen LogP contribution in [-0.2, 0) is 5.41 Å². The van der Waals surface area contributed by atoms with Crippen LogP contribution in [0.5, 0.6) is 0 Å². The lowest BCUT2D eigenvalue weighted by Crippen LogP contribution is -2.49. The third kappa shape index (κ3) is 5.80. The van der Waals surface area contributed by atoms with Gasteiger partial charge in [-0.2, -0.15) is 0 Å². The number of carbonyl (C=O) groups excluding carboxylic acids is 1. The second-order valence-corrected chi connectivity index (χ2v) is 10.3. The molecule has 3 heterocycles. The van der Waals surface area contributed by atoms with Crippen molar-refractivity contribution in [3.8, 4) is 22.3 Å². The normalized spacial score (nSPS) is 16.1. The van der Waals surface area contributed by atoms with Crippen LogP contribution in [0.25, 0.3) is 22.3 Å². The lowest BCUT2D eigenvalue weighted by atomic mass is 9.90. The highest BCUT2D eigenvalue weighted by Gasteiger charge is 2.26. The SMILES string of the molecule is CC(C)(C)c1cc(-c2cncc(-c3ccc(C(=O)N4CCCC(NC(=O)O)C4)cc3Cl)c2)ccn1. The minimum atomic E-state index is -1.08. The van der Waals surface area contributed by atoms with E-state index in [1.165, 1.54) is 0 Å². The zero-order valence-corrected chi connectivity index (χ0v) is 20.8. The Morgan fingerprint density at radius 3 is 2.57 bits per heavy atom. The lowest BCUT2D eigenvalue weighted by molar-refractivity contribution is 0.0692. The first-order valence-corrected chi connectivity index (χ1v) is 12.0. The van der Waals surface area contributed by atoms with E-state index in [1.807, 2.05) is 30.6 Å². The Labute approximate surface area is 210 Å². The molecule has 3 aromatic rings. The maximum Gasteiger partial charge on any atom is 0.404 e. The topological polar surface area (TPSA) is 95.4 Å². The summed E-state index contributed by atoms with van der Waals surface area (Å²) in [7, 11) is 0. The molecule has 2 aromatic heterocycles. The lowest BCUT2D eigenvalue weighted by Gasteiger charge is -2.32. The van der Waals surface area contributed by atoms with Crippen LogP contribution >= 0.6 is 11.6 Å². The standard InChI is InChI=1S/C27H29ClN4O3/c1-27(2,3)24-13-17(8-9-30-24)19-11-20(15-29-14-19)22-7-6-18(12-23(22)28)25(33)32-10-4-5-21(16-32)31-26(34)35/h6-9,11-15,21,31H,4-5,10,16H2,1-3H3,(H,34,35). The second-order valence-electron chi connectivity index (χ2n) is 9.88.